The fourth-order valence-corrected chi connectivity index (χ4v) is 6.32. The zero-order chi connectivity index (χ0) is 38.7. The number of phosphoric ester groups is 1. The van der Waals surface area contributed by atoms with E-state index in [0.29, 0.717) is 54.4 Å². The third-order valence-electron chi connectivity index (χ3n) is 8.70. The highest BCUT2D eigenvalue weighted by Crippen LogP contribution is 2.38. The summed E-state index contributed by atoms with van der Waals surface area (Å²) in [5, 5.41) is 21.8. The number of hydrogen-bond acceptors (Lipinski definition) is 11. The summed E-state index contributed by atoms with van der Waals surface area (Å²) in [6.45, 7) is 0.212. The van der Waals surface area contributed by atoms with Gasteiger partial charge in [-0.1, -0.05) is 0 Å². The van der Waals surface area contributed by atoms with Crippen LogP contribution in [0.15, 0.2) is 54.0 Å². The maximum atomic E-state index is 13.1. The average Bonchev–Trinajstić information content (AvgIpc) is 3.93. The van der Waals surface area contributed by atoms with Crippen LogP contribution >= 0.6 is 7.82 Å². The number of nitrogens with zero attached hydrogens (tertiary/aromatic N) is 6. The van der Waals surface area contributed by atoms with E-state index in [1.807, 2.05) is 0 Å². The Morgan fingerprint density at radius 2 is 1.63 bits per heavy atom. The van der Waals surface area contributed by atoms with Crippen molar-refractivity contribution in [2.24, 2.45) is 21.1 Å². The second-order valence-electron chi connectivity index (χ2n) is 12.7. The van der Waals surface area contributed by atoms with Gasteiger partial charge in [-0.05, 0) is 37.1 Å². The molecule has 5 aromatic rings. The van der Waals surface area contributed by atoms with Crippen LogP contribution in [0.3, 0.4) is 0 Å². The van der Waals surface area contributed by atoms with E-state index in [9.17, 15) is 28.8 Å². The van der Waals surface area contributed by atoms with Crippen LogP contribution < -0.4 is 26.8 Å². The number of phosphoric acid groups is 1. The quantitative estimate of drug-likeness (QED) is 0.0547. The van der Waals surface area contributed by atoms with Gasteiger partial charge in [-0.2, -0.15) is 4.98 Å². The molecule has 6 heterocycles. The zero-order valence-corrected chi connectivity index (χ0v) is 30.3. The first-order chi connectivity index (χ1) is 25.7. The number of fused-ring (bicyclic) bond motifs is 1. The zero-order valence-electron chi connectivity index (χ0n) is 29.4. The highest BCUT2D eigenvalue weighted by molar-refractivity contribution is 7.46. The summed E-state index contributed by atoms with van der Waals surface area (Å²) < 4.78 is 27.6. The summed E-state index contributed by atoms with van der Waals surface area (Å²) in [7, 11) is 0.374. The van der Waals surface area contributed by atoms with E-state index in [2.05, 4.69) is 40.7 Å². The van der Waals surface area contributed by atoms with E-state index in [0.717, 1.165) is 0 Å². The second-order valence-corrected chi connectivity index (χ2v) is 13.9. The van der Waals surface area contributed by atoms with E-state index in [1.165, 1.54) is 10.9 Å². The van der Waals surface area contributed by atoms with Gasteiger partial charge in [0.05, 0.1) is 30.4 Å². The summed E-state index contributed by atoms with van der Waals surface area (Å²) in [5.74, 6) is -0.904. The van der Waals surface area contributed by atoms with Crippen LogP contribution in [0.5, 0.6) is 0 Å². The number of aryl methyl sites for hydroxylation is 3. The number of carbonyl (C=O) groups excluding carboxylic acids is 3. The molecule has 1 aliphatic rings. The minimum atomic E-state index is -4.76. The van der Waals surface area contributed by atoms with Gasteiger partial charge in [-0.25, -0.2) is 9.55 Å². The van der Waals surface area contributed by atoms with Gasteiger partial charge >= 0.3 is 7.82 Å². The Labute approximate surface area is 306 Å². The normalized spacial score (nSPS) is 17.2. The van der Waals surface area contributed by atoms with Crippen LogP contribution in [0, 0.1) is 0 Å². The number of ether oxygens (including phenoxy) is 1. The van der Waals surface area contributed by atoms with Gasteiger partial charge in [0, 0.05) is 59.2 Å². The van der Waals surface area contributed by atoms with Crippen molar-refractivity contribution in [1.82, 2.24) is 38.5 Å². The molecule has 21 nitrogen and oxygen atoms in total. The average molecular weight is 770 g/mol. The highest BCUT2D eigenvalue weighted by Gasteiger charge is 2.37. The molecule has 3 atom stereocenters. The molecule has 22 heteroatoms. The molecule has 1 aliphatic heterocycles. The number of imidazole rings is 1. The van der Waals surface area contributed by atoms with E-state index in [-0.39, 0.29) is 35.3 Å². The molecular formula is C32H40N11O10P. The molecule has 0 saturated carbocycles. The molecule has 0 radical (unpaired) electrons. The van der Waals surface area contributed by atoms with E-state index in [1.54, 1.807) is 77.7 Å². The maximum absolute atomic E-state index is 13.1. The van der Waals surface area contributed by atoms with E-state index in [4.69, 9.17) is 14.5 Å². The van der Waals surface area contributed by atoms with Gasteiger partial charge in [0.15, 0.2) is 11.2 Å². The van der Waals surface area contributed by atoms with Gasteiger partial charge in [0.1, 0.15) is 29.4 Å². The van der Waals surface area contributed by atoms with Crippen LogP contribution in [0.25, 0.3) is 11.2 Å². The van der Waals surface area contributed by atoms with Crippen LogP contribution in [-0.4, -0.2) is 97.7 Å². The Hall–Kier alpha value is -5.57. The van der Waals surface area contributed by atoms with E-state index >= 15 is 0 Å². The van der Waals surface area contributed by atoms with Crippen molar-refractivity contribution in [3.05, 3.63) is 76.6 Å². The lowest BCUT2D eigenvalue weighted by Gasteiger charge is -2.16. The number of aromatic amines is 1. The van der Waals surface area contributed by atoms with Gasteiger partial charge < -0.3 is 54.6 Å². The summed E-state index contributed by atoms with van der Waals surface area (Å²) >= 11 is 0. The Balaban J connectivity index is 0.961. The molecule has 8 N–H and O–H groups in total. The van der Waals surface area contributed by atoms with Crippen molar-refractivity contribution in [3.63, 3.8) is 0 Å². The predicted molar refractivity (Wildman–Crippen MR) is 193 cm³/mol. The molecule has 288 valence electrons. The number of rotatable bonds is 15. The fourth-order valence-electron chi connectivity index (χ4n) is 5.98. The number of amides is 3. The number of carbonyl (C=O) groups is 3. The number of aromatic nitrogens is 7. The molecule has 0 spiro atoms. The Morgan fingerprint density at radius 3 is 2.28 bits per heavy atom. The summed E-state index contributed by atoms with van der Waals surface area (Å²) in [6, 6.07) is 6.58. The Bertz CT molecular complexity index is 2280. The van der Waals surface area contributed by atoms with Crippen molar-refractivity contribution in [3.8, 4) is 0 Å². The van der Waals surface area contributed by atoms with E-state index < -0.39 is 44.3 Å². The second kappa shape index (κ2) is 15.8. The number of anilines is 3. The lowest BCUT2D eigenvalue weighted by atomic mass is 10.2. The van der Waals surface area contributed by atoms with Crippen molar-refractivity contribution >= 4 is 54.0 Å². The minimum Gasteiger partial charge on any atom is -0.390 e. The van der Waals surface area contributed by atoms with Gasteiger partial charge in [-0.15, -0.1) is 0 Å². The van der Waals surface area contributed by atoms with Crippen LogP contribution in [0.1, 0.15) is 57.0 Å². The lowest BCUT2D eigenvalue weighted by Crippen LogP contribution is -2.26. The van der Waals surface area contributed by atoms with Gasteiger partial charge in [-0.3, -0.25) is 33.3 Å². The molecule has 1 fully saturated rings. The number of H-pyrrole nitrogens is 1. The largest absolute Gasteiger partial charge is 0.469 e. The molecule has 0 aliphatic carbocycles. The number of nitrogens with one attached hydrogen (secondary N) is 5. The first-order valence-corrected chi connectivity index (χ1v) is 18.3. The monoisotopic (exact) mass is 769 g/mol. The first kappa shape index (κ1) is 38.2. The summed E-state index contributed by atoms with van der Waals surface area (Å²) in [6.07, 6.45) is 4.67. The first-order valence-electron chi connectivity index (χ1n) is 16.8. The molecule has 0 aromatic carbocycles. The predicted octanol–water partition coefficient (Wildman–Crippen LogP) is 1.02. The smallest absolute Gasteiger partial charge is 0.390 e. The van der Waals surface area contributed by atoms with Gasteiger partial charge in [0.2, 0.25) is 5.95 Å². The van der Waals surface area contributed by atoms with Crippen molar-refractivity contribution < 1.29 is 43.1 Å². The van der Waals surface area contributed by atoms with Crippen molar-refractivity contribution in [2.45, 2.75) is 37.7 Å². The topological polar surface area (TPSA) is 274 Å². The third-order valence-corrected chi connectivity index (χ3v) is 9.19. The van der Waals surface area contributed by atoms with Gasteiger partial charge in [0.25, 0.3) is 23.3 Å². The number of unbranched alkanes of at least 4 members (excludes halogenated alkanes) is 1. The summed E-state index contributed by atoms with van der Waals surface area (Å²) in [4.78, 5) is 80.3. The number of aliphatic hydroxyl groups excluding tert-OH is 1. The number of hydrogen-bond donors (Lipinski definition) is 8. The molecule has 0 bridgehead atoms. The highest BCUT2D eigenvalue weighted by atomic mass is 31.2. The minimum absolute atomic E-state index is 0.0400. The molecular weight excluding hydrogens is 729 g/mol. The lowest BCUT2D eigenvalue weighted by molar-refractivity contribution is -0.0424. The molecule has 0 unspecified atom stereocenters. The van der Waals surface area contributed by atoms with Crippen molar-refractivity contribution in [1.29, 1.82) is 0 Å². The SMILES string of the molecule is Cn1cc(NC(=O)c2cc(NC(=O)c3cccn3C)cn2C)cc1C(=O)NCCCCNc1nc2c(ncn2[C@H]2C[C@H](O)[C@@H](COP(=O)(O)O)O2)c(=O)[nH]1. The molecule has 6 rings (SSSR count). The molecule has 54 heavy (non-hydrogen) atoms. The maximum Gasteiger partial charge on any atom is 0.469 e. The molecule has 5 aromatic heterocycles. The third kappa shape index (κ3) is 8.79. The Kier molecular flexibility index (Phi) is 11.2. The standard InChI is InChI=1S/C32H40N11O10P/c1-40-10-6-7-20(40)29(46)36-19-12-22(42(3)15-19)30(47)37-18-11-21(41(2)14-18)28(45)33-8-4-5-9-34-32-38-27-26(31(48)39-32)35-17-43(27)25-13-23(44)24(53-25)16-52-54(49,50)51/h6-7,10-12,14-15,17,23-25,44H,4-5,8-9,13,16H2,1-3H3,(H,33,45)(H,36,46)(H,37,47)(H2,49,50,51)(H2,34,38,39,48)/t23-,24+,25+/m0/s1. The molecule has 1 saturated heterocycles. The summed E-state index contributed by atoms with van der Waals surface area (Å²) in [5.41, 5.74) is 1.69. The van der Waals surface area contributed by atoms with Crippen molar-refractivity contribution in [2.75, 3.05) is 35.6 Å². The fraction of sp³-hybridized carbons (Fsp3) is 0.375. The number of aliphatic hydroxyl groups is 1. The Morgan fingerprint density at radius 1 is 0.981 bits per heavy atom. The van der Waals surface area contributed by atoms with Crippen LogP contribution in [-0.2, 0) is 35.0 Å². The molecule has 3 amide bonds. The van der Waals surface area contributed by atoms with Crippen LogP contribution in [0.2, 0.25) is 0 Å². The van der Waals surface area contributed by atoms with Crippen LogP contribution in [0.4, 0.5) is 17.3 Å².